The zero-order valence-electron chi connectivity index (χ0n) is 20.4. The summed E-state index contributed by atoms with van der Waals surface area (Å²) in [7, 11) is 0. The Bertz CT molecular complexity index is 976. The number of fused-ring (bicyclic) bond motifs is 1. The Kier molecular flexibility index (Phi) is 8.00. The summed E-state index contributed by atoms with van der Waals surface area (Å²) < 4.78 is 19.2. The van der Waals surface area contributed by atoms with E-state index in [0.29, 0.717) is 25.0 Å². The number of rotatable bonds is 10. The fourth-order valence-corrected chi connectivity index (χ4v) is 5.21. The molecule has 2 fully saturated rings. The van der Waals surface area contributed by atoms with E-state index in [9.17, 15) is 18.8 Å². The van der Waals surface area contributed by atoms with Gasteiger partial charge in [-0.05, 0) is 86.4 Å². The molecule has 0 aromatic carbocycles. The number of amides is 1. The van der Waals surface area contributed by atoms with Crippen LogP contribution in [0.3, 0.4) is 0 Å². The Morgan fingerprint density at radius 3 is 2.68 bits per heavy atom. The molecule has 4 atom stereocenters. The number of likely N-dealkylation sites (tertiary alicyclic amines) is 1. The van der Waals surface area contributed by atoms with Gasteiger partial charge in [-0.3, -0.25) is 14.5 Å². The molecule has 186 valence electrons. The minimum absolute atomic E-state index is 0.0108. The maximum absolute atomic E-state index is 13.5. The summed E-state index contributed by atoms with van der Waals surface area (Å²) in [6.45, 7) is 11.0. The number of nitrogens with zero attached hydrogens (tertiary/aromatic N) is 2. The number of halogens is 2. The Hall–Kier alpha value is -2.09. The summed E-state index contributed by atoms with van der Waals surface area (Å²) in [4.78, 5) is 44.7. The largest absolute Gasteiger partial charge is 0.444 e. The Morgan fingerprint density at radius 1 is 1.35 bits per heavy atom. The van der Waals surface area contributed by atoms with Crippen molar-refractivity contribution in [2.75, 3.05) is 0 Å². The van der Waals surface area contributed by atoms with E-state index in [0.717, 1.165) is 19.3 Å². The first-order chi connectivity index (χ1) is 15.9. The van der Waals surface area contributed by atoms with Crippen LogP contribution in [0.25, 0.3) is 0 Å². The first kappa shape index (κ1) is 26.5. The number of allylic oxidation sites excluding steroid dienone is 1. The molecule has 0 bridgehead atoms. The number of pyridine rings is 1. The number of Topliss-reactive ketones (excluding diaryl/α,β-unsaturated/α-hetero) is 2. The van der Waals surface area contributed by atoms with E-state index in [4.69, 9.17) is 4.74 Å². The maximum atomic E-state index is 13.5. The van der Waals surface area contributed by atoms with Crippen LogP contribution < -0.4 is 0 Å². The highest BCUT2D eigenvalue weighted by atomic mass is 79.9. The van der Waals surface area contributed by atoms with Crippen LogP contribution in [0.15, 0.2) is 29.4 Å². The number of carbonyl (C=O) groups is 3. The monoisotopic (exact) mass is 536 g/mol. The lowest BCUT2D eigenvalue weighted by atomic mass is 9.88. The van der Waals surface area contributed by atoms with Gasteiger partial charge in [0.15, 0.2) is 11.6 Å². The minimum atomic E-state index is -0.690. The van der Waals surface area contributed by atoms with Crippen LogP contribution in [0, 0.1) is 17.2 Å². The smallest absolute Gasteiger partial charge is 0.411 e. The predicted molar refractivity (Wildman–Crippen MR) is 131 cm³/mol. The van der Waals surface area contributed by atoms with E-state index in [1.54, 1.807) is 25.7 Å². The maximum Gasteiger partial charge on any atom is 0.411 e. The van der Waals surface area contributed by atoms with Crippen molar-refractivity contribution in [2.45, 2.75) is 90.3 Å². The third-order valence-electron chi connectivity index (χ3n) is 6.83. The van der Waals surface area contributed by atoms with Crippen molar-refractivity contribution in [3.05, 3.63) is 40.9 Å². The zero-order valence-corrected chi connectivity index (χ0v) is 22.0. The van der Waals surface area contributed by atoms with Crippen LogP contribution in [-0.2, 0) is 20.7 Å². The number of piperidine rings is 1. The molecule has 1 aliphatic carbocycles. The molecule has 1 saturated heterocycles. The summed E-state index contributed by atoms with van der Waals surface area (Å²) in [6, 6.07) is 1.98. The lowest BCUT2D eigenvalue weighted by Crippen LogP contribution is -2.46. The quantitative estimate of drug-likeness (QED) is 0.278. The van der Waals surface area contributed by atoms with Gasteiger partial charge in [-0.2, -0.15) is 0 Å². The van der Waals surface area contributed by atoms with Crippen LogP contribution in [-0.4, -0.2) is 45.2 Å². The van der Waals surface area contributed by atoms with Gasteiger partial charge in [0.2, 0.25) is 0 Å². The van der Waals surface area contributed by atoms with E-state index >= 15 is 0 Å². The lowest BCUT2D eigenvalue weighted by Gasteiger charge is -2.29. The fraction of sp³-hybridized carbons (Fsp3) is 0.615. The molecule has 8 heteroatoms. The van der Waals surface area contributed by atoms with E-state index < -0.39 is 23.6 Å². The minimum Gasteiger partial charge on any atom is -0.444 e. The first-order valence-electron chi connectivity index (χ1n) is 11.9. The third-order valence-corrected chi connectivity index (χ3v) is 7.39. The predicted octanol–water partition coefficient (Wildman–Crippen LogP) is 5.81. The molecule has 0 unspecified atom stereocenters. The molecule has 1 amide bonds. The topological polar surface area (TPSA) is 76.6 Å². The molecule has 34 heavy (non-hydrogen) atoms. The molecule has 0 spiro atoms. The van der Waals surface area contributed by atoms with Crippen molar-refractivity contribution in [3.8, 4) is 0 Å². The number of aromatic nitrogens is 1. The highest BCUT2D eigenvalue weighted by Gasteiger charge is 2.67. The van der Waals surface area contributed by atoms with Crippen molar-refractivity contribution in [1.29, 1.82) is 0 Å². The second kappa shape index (κ2) is 10.3. The number of hydrogen-bond acceptors (Lipinski definition) is 5. The van der Waals surface area contributed by atoms with Crippen molar-refractivity contribution in [1.82, 2.24) is 9.88 Å². The Balaban J connectivity index is 1.74. The van der Waals surface area contributed by atoms with Gasteiger partial charge in [-0.15, -0.1) is 6.58 Å². The SMILES string of the molecule is C=CCC[C@@H](C)C(=O)CC[C@@]12C[C@@H](C(=O)Cc3ccc(F)c(Br)n3)N(C(=O)OC(C)(C)C)[C@@H]1C2. The molecule has 2 heterocycles. The van der Waals surface area contributed by atoms with Crippen molar-refractivity contribution in [2.24, 2.45) is 11.3 Å². The third kappa shape index (κ3) is 6.12. The number of ketones is 2. The standard InChI is InChI=1S/C26H34BrFN2O4/c1-6-7-8-16(2)20(31)11-12-26-14-19(21(32)13-17-9-10-18(28)23(27)29-17)30(22(26)15-26)24(33)34-25(3,4)5/h6,9-10,16,19,22H,1,7-8,11-15H2,2-5H3/t16-,19+,22-,26+/m1/s1. The number of ether oxygens (including phenoxy) is 1. The van der Waals surface area contributed by atoms with Gasteiger partial charge in [0, 0.05) is 24.1 Å². The van der Waals surface area contributed by atoms with Crippen LogP contribution >= 0.6 is 15.9 Å². The molecular formula is C26H34BrFN2O4. The van der Waals surface area contributed by atoms with Crippen LogP contribution in [0.1, 0.15) is 71.9 Å². The van der Waals surface area contributed by atoms with Gasteiger partial charge >= 0.3 is 6.09 Å². The van der Waals surface area contributed by atoms with E-state index in [1.165, 1.54) is 12.1 Å². The van der Waals surface area contributed by atoms with Crippen LogP contribution in [0.2, 0.25) is 0 Å². The summed E-state index contributed by atoms with van der Waals surface area (Å²) in [5.74, 6) is -0.482. The van der Waals surface area contributed by atoms with E-state index in [1.807, 2.05) is 13.0 Å². The summed E-state index contributed by atoms with van der Waals surface area (Å²) in [5.41, 5.74) is -0.490. The van der Waals surface area contributed by atoms with E-state index in [-0.39, 0.29) is 40.0 Å². The molecular weight excluding hydrogens is 503 g/mol. The van der Waals surface area contributed by atoms with Crippen molar-refractivity contribution >= 4 is 33.6 Å². The average Bonchev–Trinajstić information content (AvgIpc) is 3.35. The number of carbonyl (C=O) groups excluding carboxylic acids is 3. The second-order valence-electron chi connectivity index (χ2n) is 10.6. The molecule has 6 nitrogen and oxygen atoms in total. The highest BCUT2D eigenvalue weighted by Crippen LogP contribution is 2.62. The highest BCUT2D eigenvalue weighted by molar-refractivity contribution is 9.10. The van der Waals surface area contributed by atoms with Gasteiger partial charge in [-0.25, -0.2) is 14.2 Å². The molecule has 0 N–H and O–H groups in total. The molecule has 2 aliphatic rings. The van der Waals surface area contributed by atoms with Crippen molar-refractivity contribution < 1.29 is 23.5 Å². The summed E-state index contributed by atoms with van der Waals surface area (Å²) >= 11 is 3.05. The van der Waals surface area contributed by atoms with Gasteiger partial charge in [0.1, 0.15) is 16.0 Å². The molecule has 3 rings (SSSR count). The summed E-state index contributed by atoms with van der Waals surface area (Å²) in [6.07, 6.45) is 5.25. The molecule has 1 aromatic rings. The van der Waals surface area contributed by atoms with Gasteiger partial charge in [0.25, 0.3) is 0 Å². The number of hydrogen-bond donors (Lipinski definition) is 0. The van der Waals surface area contributed by atoms with Crippen LogP contribution in [0.4, 0.5) is 9.18 Å². The Labute approximate surface area is 209 Å². The van der Waals surface area contributed by atoms with E-state index in [2.05, 4.69) is 27.5 Å². The molecule has 1 aliphatic heterocycles. The lowest BCUT2D eigenvalue weighted by molar-refractivity contribution is -0.123. The van der Waals surface area contributed by atoms with Crippen molar-refractivity contribution in [3.63, 3.8) is 0 Å². The van der Waals surface area contributed by atoms with Gasteiger partial charge in [0.05, 0.1) is 12.5 Å². The Morgan fingerprint density at radius 2 is 2.06 bits per heavy atom. The average molecular weight is 537 g/mol. The molecule has 1 aromatic heterocycles. The molecule has 0 radical (unpaired) electrons. The fourth-order valence-electron chi connectivity index (χ4n) is 4.85. The summed E-state index contributed by atoms with van der Waals surface area (Å²) in [5, 5.41) is 0. The zero-order chi connectivity index (χ0) is 25.3. The van der Waals surface area contributed by atoms with Gasteiger partial charge < -0.3 is 4.74 Å². The molecule has 1 saturated carbocycles. The normalized spacial score (nSPS) is 24.4. The second-order valence-corrected chi connectivity index (χ2v) is 11.4. The van der Waals surface area contributed by atoms with Gasteiger partial charge in [-0.1, -0.05) is 13.0 Å². The van der Waals surface area contributed by atoms with Crippen LogP contribution in [0.5, 0.6) is 0 Å². The first-order valence-corrected chi connectivity index (χ1v) is 12.6.